The molecule has 2 fully saturated rings. The second-order valence-corrected chi connectivity index (χ2v) is 10.9. The molecule has 8 heteroatoms. The number of aliphatic carboxylic acids is 1. The Balaban J connectivity index is 1.55. The summed E-state index contributed by atoms with van der Waals surface area (Å²) in [7, 11) is 1.40. The van der Waals surface area contributed by atoms with E-state index in [-0.39, 0.29) is 35.8 Å². The van der Waals surface area contributed by atoms with Crippen LogP contribution >= 0.6 is 0 Å². The first-order valence-electron chi connectivity index (χ1n) is 14.0. The summed E-state index contributed by atoms with van der Waals surface area (Å²) in [5, 5.41) is 13.2. The van der Waals surface area contributed by atoms with Crippen LogP contribution in [-0.4, -0.2) is 57.5 Å². The van der Waals surface area contributed by atoms with Crippen LogP contribution in [0.25, 0.3) is 11.0 Å². The molecule has 2 heterocycles. The maximum atomic E-state index is 13.8. The third-order valence-electron chi connectivity index (χ3n) is 8.41. The highest BCUT2D eigenvalue weighted by molar-refractivity contribution is 6.00. The van der Waals surface area contributed by atoms with Crippen LogP contribution < -0.4 is 5.56 Å². The summed E-state index contributed by atoms with van der Waals surface area (Å²) in [5.74, 6) is 0.689. The summed E-state index contributed by atoms with van der Waals surface area (Å²) >= 11 is 0. The number of piperidine rings is 1. The van der Waals surface area contributed by atoms with Gasteiger partial charge in [-0.25, -0.2) is 4.98 Å². The van der Waals surface area contributed by atoms with Gasteiger partial charge in [0, 0.05) is 31.6 Å². The average Bonchev–Trinajstić information content (AvgIpc) is 2.91. The molecule has 1 saturated heterocycles. The van der Waals surface area contributed by atoms with E-state index in [1.165, 1.54) is 45.6 Å². The molecule has 1 saturated carbocycles. The highest BCUT2D eigenvalue weighted by Gasteiger charge is 2.32. The maximum absolute atomic E-state index is 13.8. The summed E-state index contributed by atoms with van der Waals surface area (Å²) in [6, 6.07) is 8.40. The van der Waals surface area contributed by atoms with Crippen molar-refractivity contribution >= 4 is 22.7 Å². The van der Waals surface area contributed by atoms with E-state index in [9.17, 15) is 14.7 Å². The van der Waals surface area contributed by atoms with Crippen LogP contribution in [0.15, 0.2) is 34.2 Å². The van der Waals surface area contributed by atoms with Crippen molar-refractivity contribution in [2.45, 2.75) is 90.1 Å². The number of oxime groups is 1. The number of aromatic nitrogens is 2. The number of carboxylic acid groups (broad SMARTS) is 1. The van der Waals surface area contributed by atoms with Crippen LogP contribution in [0.1, 0.15) is 89.8 Å². The minimum absolute atomic E-state index is 0.0677. The van der Waals surface area contributed by atoms with Crippen LogP contribution in [0.3, 0.4) is 0 Å². The molecule has 0 bridgehead atoms. The fraction of sp³-hybridized carbons (Fsp3) is 0.655. The Morgan fingerprint density at radius 3 is 2.62 bits per heavy atom. The van der Waals surface area contributed by atoms with Gasteiger partial charge >= 0.3 is 5.97 Å². The highest BCUT2D eigenvalue weighted by atomic mass is 16.6. The molecule has 0 spiro atoms. The van der Waals surface area contributed by atoms with Crippen LogP contribution in [-0.2, 0) is 9.63 Å². The third-order valence-corrected chi connectivity index (χ3v) is 8.41. The van der Waals surface area contributed by atoms with Gasteiger partial charge in [-0.05, 0) is 56.1 Å². The molecule has 1 aromatic carbocycles. The molecule has 2 aliphatic rings. The number of likely N-dealkylation sites (tertiary alicyclic amines) is 1. The van der Waals surface area contributed by atoms with Crippen LogP contribution in [0.2, 0.25) is 0 Å². The van der Waals surface area contributed by atoms with Crippen molar-refractivity contribution in [1.82, 2.24) is 14.5 Å². The number of hydrogen-bond donors (Lipinski definition) is 1. The lowest BCUT2D eigenvalue weighted by Gasteiger charge is -2.42. The molecule has 1 aromatic heterocycles. The zero-order valence-corrected chi connectivity index (χ0v) is 22.6. The van der Waals surface area contributed by atoms with Crippen LogP contribution in [0, 0.1) is 11.8 Å². The van der Waals surface area contributed by atoms with E-state index >= 15 is 0 Å². The molecule has 1 aliphatic carbocycles. The summed E-state index contributed by atoms with van der Waals surface area (Å²) in [6.07, 6.45) is 9.64. The molecule has 37 heavy (non-hydrogen) atoms. The van der Waals surface area contributed by atoms with Gasteiger partial charge in [-0.3, -0.25) is 9.59 Å². The number of carboxylic acids is 1. The van der Waals surface area contributed by atoms with Gasteiger partial charge in [0.2, 0.25) is 0 Å². The minimum atomic E-state index is -0.952. The number of rotatable bonds is 10. The lowest BCUT2D eigenvalue weighted by atomic mass is 9.79. The van der Waals surface area contributed by atoms with Crippen molar-refractivity contribution in [2.75, 3.05) is 20.2 Å². The topological polar surface area (TPSA) is 97.0 Å². The Kier molecular flexibility index (Phi) is 9.35. The van der Waals surface area contributed by atoms with Crippen molar-refractivity contribution in [1.29, 1.82) is 0 Å². The van der Waals surface area contributed by atoms with Gasteiger partial charge in [0.15, 0.2) is 5.69 Å². The first-order valence-corrected chi connectivity index (χ1v) is 14.0. The zero-order chi connectivity index (χ0) is 26.4. The first kappa shape index (κ1) is 27.3. The lowest BCUT2D eigenvalue weighted by Crippen LogP contribution is -2.45. The van der Waals surface area contributed by atoms with E-state index in [1.807, 2.05) is 28.8 Å². The minimum Gasteiger partial charge on any atom is -0.481 e. The Labute approximate surface area is 219 Å². The Morgan fingerprint density at radius 2 is 1.92 bits per heavy atom. The van der Waals surface area contributed by atoms with Crippen molar-refractivity contribution < 1.29 is 14.7 Å². The van der Waals surface area contributed by atoms with Crippen molar-refractivity contribution in [3.63, 3.8) is 0 Å². The highest BCUT2D eigenvalue weighted by Crippen LogP contribution is 2.35. The number of carbonyl (C=O) groups is 1. The fourth-order valence-electron chi connectivity index (χ4n) is 6.30. The standard InChI is InChI=1S/C29H42N4O4/c1-4-20(2)18-21-8-7-9-23(19-21)32-16-14-22(15-17-32)33-26-11-6-5-10-24(26)30-28(29(33)36)25(31-37-3)12-13-27(34)35/h5-6,10-11,20-23H,4,7-9,12-19H2,1-3H3,(H,34,35)/b31-25+/t20-,21-,23+/m1/s1. The molecule has 202 valence electrons. The van der Waals surface area contributed by atoms with Crippen LogP contribution in [0.5, 0.6) is 0 Å². The van der Waals surface area contributed by atoms with Crippen LogP contribution in [0.4, 0.5) is 0 Å². The predicted octanol–water partition coefficient (Wildman–Crippen LogP) is 5.24. The summed E-state index contributed by atoms with van der Waals surface area (Å²) in [6.45, 7) is 6.65. The maximum Gasteiger partial charge on any atom is 0.303 e. The van der Waals surface area contributed by atoms with Crippen molar-refractivity contribution in [2.24, 2.45) is 17.0 Å². The number of fused-ring (bicyclic) bond motifs is 1. The molecule has 0 amide bonds. The summed E-state index contributed by atoms with van der Waals surface area (Å²) < 4.78 is 1.88. The van der Waals surface area contributed by atoms with E-state index in [0.717, 1.165) is 43.3 Å². The Bertz CT molecular complexity index is 1150. The Hall–Kier alpha value is -2.74. The van der Waals surface area contributed by atoms with E-state index < -0.39 is 5.97 Å². The molecule has 1 N–H and O–H groups in total. The molecule has 3 atom stereocenters. The smallest absolute Gasteiger partial charge is 0.303 e. The first-order chi connectivity index (χ1) is 17.9. The largest absolute Gasteiger partial charge is 0.481 e. The van der Waals surface area contributed by atoms with E-state index in [4.69, 9.17) is 4.84 Å². The van der Waals surface area contributed by atoms with Gasteiger partial charge in [0.25, 0.3) is 5.56 Å². The molecular formula is C29H42N4O4. The number of hydrogen-bond acceptors (Lipinski definition) is 6. The molecule has 8 nitrogen and oxygen atoms in total. The molecular weight excluding hydrogens is 468 g/mol. The predicted molar refractivity (Wildman–Crippen MR) is 146 cm³/mol. The van der Waals surface area contributed by atoms with Gasteiger partial charge in [-0.2, -0.15) is 0 Å². The van der Waals surface area contributed by atoms with E-state index in [0.29, 0.717) is 11.6 Å². The molecule has 0 radical (unpaired) electrons. The summed E-state index contributed by atoms with van der Waals surface area (Å²) in [4.78, 5) is 37.2. The average molecular weight is 511 g/mol. The number of nitrogens with zero attached hydrogens (tertiary/aromatic N) is 4. The fourth-order valence-corrected chi connectivity index (χ4v) is 6.30. The van der Waals surface area contributed by atoms with E-state index in [2.05, 4.69) is 28.9 Å². The Morgan fingerprint density at radius 1 is 1.16 bits per heavy atom. The normalized spacial score (nSPS) is 22.7. The number of para-hydroxylation sites is 2. The zero-order valence-electron chi connectivity index (χ0n) is 22.6. The van der Waals surface area contributed by atoms with Gasteiger partial charge in [0.05, 0.1) is 17.5 Å². The second kappa shape index (κ2) is 12.7. The molecule has 2 aromatic rings. The monoisotopic (exact) mass is 510 g/mol. The SMILES string of the molecule is CC[C@@H](C)C[C@H]1CCC[C@H](N2CCC(n3c(=O)c(/C(CCC(=O)O)=N/OC)nc4ccccc43)CC2)C1. The quantitative estimate of drug-likeness (QED) is 0.347. The molecule has 0 unspecified atom stereocenters. The lowest BCUT2D eigenvalue weighted by molar-refractivity contribution is -0.136. The number of benzene rings is 1. The third kappa shape index (κ3) is 6.58. The summed E-state index contributed by atoms with van der Waals surface area (Å²) in [5.41, 5.74) is 1.77. The van der Waals surface area contributed by atoms with E-state index in [1.54, 1.807) is 0 Å². The van der Waals surface area contributed by atoms with Gasteiger partial charge < -0.3 is 19.4 Å². The van der Waals surface area contributed by atoms with Crippen molar-refractivity contribution in [3.8, 4) is 0 Å². The second-order valence-electron chi connectivity index (χ2n) is 10.9. The van der Waals surface area contributed by atoms with Gasteiger partial charge in [-0.1, -0.05) is 50.4 Å². The van der Waals surface area contributed by atoms with Crippen molar-refractivity contribution in [3.05, 3.63) is 40.3 Å². The molecule has 4 rings (SSSR count). The van der Waals surface area contributed by atoms with Gasteiger partial charge in [-0.15, -0.1) is 0 Å². The molecule has 1 aliphatic heterocycles. The van der Waals surface area contributed by atoms with Gasteiger partial charge in [0.1, 0.15) is 12.8 Å².